The standard InChI is InChI=1S/C18H28NO3/c1-13-8-10-16(11-9-13)22-17(20)12-19-14(2)18(21)15-6-4-3-5-7-15/h12-16H,2-11H2,1H3/t13-,14-,16-/m0/s1. The molecule has 0 heterocycles. The second-order valence-corrected chi connectivity index (χ2v) is 6.85. The van der Waals surface area contributed by atoms with Crippen LogP contribution >= 0.6 is 0 Å². The van der Waals surface area contributed by atoms with Crippen molar-refractivity contribution in [2.24, 2.45) is 16.8 Å². The van der Waals surface area contributed by atoms with E-state index in [9.17, 15) is 9.59 Å². The lowest BCUT2D eigenvalue weighted by Crippen LogP contribution is -2.28. The number of esters is 1. The molecule has 0 aromatic carbocycles. The van der Waals surface area contributed by atoms with Gasteiger partial charge >= 0.3 is 5.97 Å². The van der Waals surface area contributed by atoms with Crippen LogP contribution in [0.2, 0.25) is 0 Å². The van der Waals surface area contributed by atoms with E-state index in [1.807, 2.05) is 0 Å². The molecule has 2 saturated carbocycles. The molecule has 2 fully saturated rings. The summed E-state index contributed by atoms with van der Waals surface area (Å²) in [6.07, 6.45) is 10.5. The third-order valence-corrected chi connectivity index (χ3v) is 4.94. The summed E-state index contributed by atoms with van der Waals surface area (Å²) in [5, 5.41) is 0. The summed E-state index contributed by atoms with van der Waals surface area (Å²) in [4.78, 5) is 28.0. The lowest BCUT2D eigenvalue weighted by molar-refractivity contribution is -0.141. The summed E-state index contributed by atoms with van der Waals surface area (Å²) >= 11 is 0. The van der Waals surface area contributed by atoms with Crippen LogP contribution in [0.5, 0.6) is 0 Å². The molecule has 0 bridgehead atoms. The van der Waals surface area contributed by atoms with E-state index in [2.05, 4.69) is 18.8 Å². The van der Waals surface area contributed by atoms with E-state index in [1.54, 1.807) is 0 Å². The first-order valence-corrected chi connectivity index (χ1v) is 8.67. The monoisotopic (exact) mass is 306 g/mol. The van der Waals surface area contributed by atoms with E-state index in [0.717, 1.165) is 63.5 Å². The first-order chi connectivity index (χ1) is 10.6. The second-order valence-electron chi connectivity index (χ2n) is 6.85. The van der Waals surface area contributed by atoms with Gasteiger partial charge in [-0.2, -0.15) is 0 Å². The SMILES string of the molecule is [CH2][C@H](N=CC(=O)O[C@H]1CC[C@H](C)CC1)C(=O)C1CCCCC1. The van der Waals surface area contributed by atoms with Gasteiger partial charge in [-0.05, 0) is 51.4 Å². The number of Topliss-reactive ketones (excluding diaryl/α,β-unsaturated/α-hetero) is 1. The van der Waals surface area contributed by atoms with Crippen molar-refractivity contribution in [2.75, 3.05) is 0 Å². The van der Waals surface area contributed by atoms with E-state index in [-0.39, 0.29) is 17.8 Å². The van der Waals surface area contributed by atoms with Crippen LogP contribution in [0.25, 0.3) is 0 Å². The number of carbonyl (C=O) groups excluding carboxylic acids is 2. The van der Waals surface area contributed by atoms with E-state index in [1.165, 1.54) is 6.42 Å². The van der Waals surface area contributed by atoms with Gasteiger partial charge in [-0.3, -0.25) is 9.79 Å². The van der Waals surface area contributed by atoms with Crippen molar-refractivity contribution in [3.05, 3.63) is 6.92 Å². The maximum absolute atomic E-state index is 12.2. The summed E-state index contributed by atoms with van der Waals surface area (Å²) in [5.41, 5.74) is 0. The van der Waals surface area contributed by atoms with Crippen molar-refractivity contribution >= 4 is 18.0 Å². The van der Waals surface area contributed by atoms with Gasteiger partial charge in [0.25, 0.3) is 0 Å². The van der Waals surface area contributed by atoms with E-state index < -0.39 is 12.0 Å². The van der Waals surface area contributed by atoms with Crippen molar-refractivity contribution in [3.63, 3.8) is 0 Å². The van der Waals surface area contributed by atoms with Crippen LogP contribution in [-0.4, -0.2) is 30.1 Å². The molecule has 0 aromatic rings. The highest BCUT2D eigenvalue weighted by Crippen LogP contribution is 2.26. The Morgan fingerprint density at radius 3 is 2.36 bits per heavy atom. The summed E-state index contributed by atoms with van der Waals surface area (Å²) in [5.74, 6) is 0.421. The Morgan fingerprint density at radius 2 is 1.73 bits per heavy atom. The minimum Gasteiger partial charge on any atom is -0.458 e. The molecule has 2 aliphatic rings. The normalized spacial score (nSPS) is 28.5. The fraction of sp³-hybridized carbons (Fsp3) is 0.778. The van der Waals surface area contributed by atoms with Crippen LogP contribution in [0.3, 0.4) is 0 Å². The largest absolute Gasteiger partial charge is 0.458 e. The molecule has 0 aliphatic heterocycles. The van der Waals surface area contributed by atoms with Gasteiger partial charge in [-0.15, -0.1) is 0 Å². The Hall–Kier alpha value is -1.19. The predicted molar refractivity (Wildman–Crippen MR) is 86.7 cm³/mol. The Bertz CT molecular complexity index is 405. The summed E-state index contributed by atoms with van der Waals surface area (Å²) in [6.45, 7) is 6.01. The maximum atomic E-state index is 12.2. The third kappa shape index (κ3) is 5.22. The molecule has 123 valence electrons. The van der Waals surface area contributed by atoms with Crippen LogP contribution in [-0.2, 0) is 14.3 Å². The molecular weight excluding hydrogens is 278 g/mol. The second kappa shape index (κ2) is 8.44. The Kier molecular flexibility index (Phi) is 6.59. The zero-order valence-electron chi connectivity index (χ0n) is 13.6. The van der Waals surface area contributed by atoms with Crippen molar-refractivity contribution in [1.29, 1.82) is 0 Å². The van der Waals surface area contributed by atoms with Gasteiger partial charge in [0, 0.05) is 5.92 Å². The molecule has 2 aliphatic carbocycles. The van der Waals surface area contributed by atoms with Crippen LogP contribution in [0.1, 0.15) is 64.7 Å². The first kappa shape index (κ1) is 17.2. The molecule has 0 spiro atoms. The number of aliphatic imine (C=N–C) groups is 1. The molecule has 1 radical (unpaired) electrons. The molecule has 4 nitrogen and oxygen atoms in total. The van der Waals surface area contributed by atoms with Gasteiger partial charge in [0.2, 0.25) is 0 Å². The maximum Gasteiger partial charge on any atom is 0.349 e. The van der Waals surface area contributed by atoms with Gasteiger partial charge in [0.05, 0.1) is 0 Å². The van der Waals surface area contributed by atoms with Gasteiger partial charge in [0.15, 0.2) is 5.78 Å². The number of nitrogens with zero attached hydrogens (tertiary/aromatic N) is 1. The van der Waals surface area contributed by atoms with Crippen LogP contribution in [0.15, 0.2) is 4.99 Å². The van der Waals surface area contributed by atoms with E-state index in [0.29, 0.717) is 0 Å². The number of rotatable bonds is 5. The van der Waals surface area contributed by atoms with E-state index in [4.69, 9.17) is 4.74 Å². The number of hydrogen-bond acceptors (Lipinski definition) is 4. The van der Waals surface area contributed by atoms with Gasteiger partial charge < -0.3 is 4.74 Å². The topological polar surface area (TPSA) is 55.7 Å². The molecule has 0 aromatic heterocycles. The van der Waals surface area contributed by atoms with Crippen LogP contribution < -0.4 is 0 Å². The van der Waals surface area contributed by atoms with E-state index >= 15 is 0 Å². The number of ether oxygens (including phenoxy) is 1. The Labute approximate surface area is 133 Å². The first-order valence-electron chi connectivity index (χ1n) is 8.67. The lowest BCUT2D eigenvalue weighted by atomic mass is 9.84. The molecule has 0 saturated heterocycles. The molecule has 4 heteroatoms. The minimum absolute atomic E-state index is 0.00691. The Morgan fingerprint density at radius 1 is 1.09 bits per heavy atom. The third-order valence-electron chi connectivity index (χ3n) is 4.94. The van der Waals surface area contributed by atoms with Gasteiger partial charge in [0.1, 0.15) is 18.4 Å². The average molecular weight is 306 g/mol. The predicted octanol–water partition coefficient (Wildman–Crippen LogP) is 3.53. The molecule has 2 rings (SSSR count). The quantitative estimate of drug-likeness (QED) is 0.576. The molecular formula is C18H28NO3. The number of ketones is 1. The van der Waals surface area contributed by atoms with Crippen molar-refractivity contribution < 1.29 is 14.3 Å². The smallest absolute Gasteiger partial charge is 0.349 e. The average Bonchev–Trinajstić information content (AvgIpc) is 2.55. The fourth-order valence-corrected chi connectivity index (χ4v) is 3.43. The molecule has 0 N–H and O–H groups in total. The fourth-order valence-electron chi connectivity index (χ4n) is 3.43. The van der Waals surface area contributed by atoms with Crippen molar-refractivity contribution in [1.82, 2.24) is 0 Å². The van der Waals surface area contributed by atoms with Gasteiger partial charge in [-0.1, -0.05) is 26.2 Å². The highest BCUT2D eigenvalue weighted by atomic mass is 16.5. The number of hydrogen-bond donors (Lipinski definition) is 0. The molecule has 22 heavy (non-hydrogen) atoms. The summed E-state index contributed by atoms with van der Waals surface area (Å²) in [6, 6.07) is -0.679. The minimum atomic E-state index is -0.679. The highest BCUT2D eigenvalue weighted by molar-refractivity contribution is 6.23. The van der Waals surface area contributed by atoms with Crippen molar-refractivity contribution in [2.45, 2.75) is 76.9 Å². The van der Waals surface area contributed by atoms with Crippen LogP contribution in [0, 0.1) is 18.8 Å². The molecule has 0 amide bonds. The number of carbonyl (C=O) groups is 2. The van der Waals surface area contributed by atoms with Crippen LogP contribution in [0.4, 0.5) is 0 Å². The molecule has 1 atom stereocenters. The Balaban J connectivity index is 1.74. The van der Waals surface area contributed by atoms with Gasteiger partial charge in [-0.25, -0.2) is 4.79 Å². The zero-order valence-corrected chi connectivity index (χ0v) is 13.6. The lowest BCUT2D eigenvalue weighted by Gasteiger charge is -2.25. The summed E-state index contributed by atoms with van der Waals surface area (Å²) < 4.78 is 5.39. The highest BCUT2D eigenvalue weighted by Gasteiger charge is 2.25. The van der Waals surface area contributed by atoms with Crippen molar-refractivity contribution in [3.8, 4) is 0 Å². The summed E-state index contributed by atoms with van der Waals surface area (Å²) in [7, 11) is 0. The molecule has 0 unspecified atom stereocenters. The zero-order chi connectivity index (χ0) is 15.9.